The highest BCUT2D eigenvalue weighted by Gasteiger charge is 2.29. The Morgan fingerprint density at radius 2 is 1.93 bits per heavy atom. The minimum absolute atomic E-state index is 0.0938. The molecule has 0 bridgehead atoms. The fourth-order valence-electron chi connectivity index (χ4n) is 2.90. The molecular weight excluding hydrogens is 368 g/mol. The van der Waals surface area contributed by atoms with E-state index in [4.69, 9.17) is 9.47 Å². The molecule has 1 heterocycles. The standard InChI is InChI=1S/C23H26N2O4/c1-3-4-14-24-22(27)25-19-10-11-20-18(15-19)12-13-23(2,29-20)16-28-21(26)17-8-6-5-7-9-17/h5-13,15H,3-4,14,16H2,1-2H3,(H2,24,25,27). The monoisotopic (exact) mass is 394 g/mol. The van der Waals surface area contributed by atoms with E-state index in [1.807, 2.05) is 31.2 Å². The fourth-order valence-corrected chi connectivity index (χ4v) is 2.90. The van der Waals surface area contributed by atoms with Gasteiger partial charge in [-0.25, -0.2) is 9.59 Å². The molecule has 1 atom stereocenters. The number of urea groups is 1. The topological polar surface area (TPSA) is 76.7 Å². The minimum Gasteiger partial charge on any atom is -0.479 e. The van der Waals surface area contributed by atoms with Crippen LogP contribution in [0.25, 0.3) is 6.08 Å². The largest absolute Gasteiger partial charge is 0.479 e. The lowest BCUT2D eigenvalue weighted by Crippen LogP contribution is -2.38. The molecule has 2 aromatic rings. The van der Waals surface area contributed by atoms with E-state index in [1.165, 1.54) is 0 Å². The van der Waals surface area contributed by atoms with Crippen molar-refractivity contribution in [2.75, 3.05) is 18.5 Å². The Hall–Kier alpha value is -3.28. The molecule has 0 radical (unpaired) electrons. The molecule has 6 nitrogen and oxygen atoms in total. The molecule has 2 N–H and O–H groups in total. The first kappa shape index (κ1) is 20.5. The molecule has 0 aliphatic carbocycles. The van der Waals surface area contributed by atoms with Gasteiger partial charge >= 0.3 is 12.0 Å². The van der Waals surface area contributed by atoms with Crippen LogP contribution in [-0.4, -0.2) is 30.8 Å². The van der Waals surface area contributed by atoms with E-state index in [0.717, 1.165) is 18.4 Å². The number of unbranched alkanes of at least 4 members (excludes halogenated alkanes) is 1. The highest BCUT2D eigenvalue weighted by atomic mass is 16.6. The van der Waals surface area contributed by atoms with E-state index in [2.05, 4.69) is 17.6 Å². The lowest BCUT2D eigenvalue weighted by atomic mass is 10.0. The summed E-state index contributed by atoms with van der Waals surface area (Å²) in [4.78, 5) is 24.1. The summed E-state index contributed by atoms with van der Waals surface area (Å²) in [5.41, 5.74) is 1.28. The number of nitrogens with one attached hydrogen (secondary N) is 2. The molecule has 2 aromatic carbocycles. The van der Waals surface area contributed by atoms with Crippen LogP contribution >= 0.6 is 0 Å². The average Bonchev–Trinajstić information content (AvgIpc) is 2.73. The van der Waals surface area contributed by atoms with Crippen molar-refractivity contribution >= 4 is 23.8 Å². The first-order valence-electron chi connectivity index (χ1n) is 9.78. The molecule has 0 spiro atoms. The number of ether oxygens (including phenoxy) is 2. The number of fused-ring (bicyclic) bond motifs is 1. The molecule has 29 heavy (non-hydrogen) atoms. The molecule has 0 saturated heterocycles. The number of anilines is 1. The van der Waals surface area contributed by atoms with Gasteiger partial charge in [0.2, 0.25) is 0 Å². The zero-order valence-corrected chi connectivity index (χ0v) is 16.7. The molecule has 0 saturated carbocycles. The van der Waals surface area contributed by atoms with Gasteiger partial charge in [0.05, 0.1) is 5.56 Å². The summed E-state index contributed by atoms with van der Waals surface area (Å²) in [5, 5.41) is 5.64. The zero-order chi connectivity index (χ0) is 20.7. The molecule has 2 amide bonds. The Balaban J connectivity index is 1.59. The van der Waals surface area contributed by atoms with Gasteiger partial charge in [0.1, 0.15) is 12.4 Å². The van der Waals surface area contributed by atoms with Crippen molar-refractivity contribution in [3.8, 4) is 5.75 Å². The number of hydrogen-bond donors (Lipinski definition) is 2. The Kier molecular flexibility index (Phi) is 6.54. The first-order valence-corrected chi connectivity index (χ1v) is 9.78. The van der Waals surface area contributed by atoms with Crippen LogP contribution in [0.4, 0.5) is 10.5 Å². The van der Waals surface area contributed by atoms with Gasteiger partial charge in [-0.05, 0) is 49.8 Å². The number of carbonyl (C=O) groups is 2. The van der Waals surface area contributed by atoms with Crippen LogP contribution in [0.1, 0.15) is 42.6 Å². The molecule has 0 fully saturated rings. The quantitative estimate of drug-likeness (QED) is 0.530. The van der Waals surface area contributed by atoms with E-state index in [-0.39, 0.29) is 18.6 Å². The third-order valence-electron chi connectivity index (χ3n) is 4.54. The number of esters is 1. The molecule has 1 unspecified atom stereocenters. The summed E-state index contributed by atoms with van der Waals surface area (Å²) in [6.45, 7) is 4.68. The van der Waals surface area contributed by atoms with Crippen LogP contribution in [0.3, 0.4) is 0 Å². The van der Waals surface area contributed by atoms with Gasteiger partial charge in [-0.2, -0.15) is 0 Å². The van der Waals surface area contributed by atoms with Crippen molar-refractivity contribution in [3.63, 3.8) is 0 Å². The summed E-state index contributed by atoms with van der Waals surface area (Å²) in [6, 6.07) is 14.1. The van der Waals surface area contributed by atoms with Crippen molar-refractivity contribution in [1.82, 2.24) is 5.32 Å². The van der Waals surface area contributed by atoms with Gasteiger partial charge in [-0.3, -0.25) is 0 Å². The summed E-state index contributed by atoms with van der Waals surface area (Å²) < 4.78 is 11.5. The predicted molar refractivity (Wildman–Crippen MR) is 113 cm³/mol. The van der Waals surface area contributed by atoms with Gasteiger partial charge in [0.15, 0.2) is 5.60 Å². The van der Waals surface area contributed by atoms with Crippen molar-refractivity contribution < 1.29 is 19.1 Å². The second kappa shape index (κ2) is 9.28. The maximum absolute atomic E-state index is 12.2. The van der Waals surface area contributed by atoms with E-state index in [0.29, 0.717) is 23.5 Å². The molecule has 3 rings (SSSR count). The SMILES string of the molecule is CCCCNC(=O)Nc1ccc2c(c1)C=CC(C)(COC(=O)c1ccccc1)O2. The Morgan fingerprint density at radius 1 is 1.14 bits per heavy atom. The number of hydrogen-bond acceptors (Lipinski definition) is 4. The van der Waals surface area contributed by atoms with Gasteiger partial charge in [-0.1, -0.05) is 37.6 Å². The molecule has 152 valence electrons. The summed E-state index contributed by atoms with van der Waals surface area (Å²) in [5.74, 6) is 0.283. The maximum atomic E-state index is 12.2. The molecule has 6 heteroatoms. The zero-order valence-electron chi connectivity index (χ0n) is 16.7. The number of amides is 2. The van der Waals surface area contributed by atoms with Crippen molar-refractivity contribution in [1.29, 1.82) is 0 Å². The van der Waals surface area contributed by atoms with E-state index in [9.17, 15) is 9.59 Å². The third-order valence-corrected chi connectivity index (χ3v) is 4.54. The van der Waals surface area contributed by atoms with Gasteiger partial charge < -0.3 is 20.1 Å². The molecule has 0 aromatic heterocycles. The second-order valence-corrected chi connectivity index (χ2v) is 7.18. The Labute approximate surface area is 170 Å². The normalized spacial score (nSPS) is 17.0. The van der Waals surface area contributed by atoms with Crippen molar-refractivity contribution in [2.45, 2.75) is 32.3 Å². The second-order valence-electron chi connectivity index (χ2n) is 7.18. The number of carbonyl (C=O) groups excluding carboxylic acids is 2. The Bertz CT molecular complexity index is 895. The van der Waals surface area contributed by atoms with Crippen LogP contribution < -0.4 is 15.4 Å². The van der Waals surface area contributed by atoms with Crippen LogP contribution in [0.15, 0.2) is 54.6 Å². The summed E-state index contributed by atoms with van der Waals surface area (Å²) in [6.07, 6.45) is 5.75. The summed E-state index contributed by atoms with van der Waals surface area (Å²) >= 11 is 0. The van der Waals surface area contributed by atoms with Crippen LogP contribution in [-0.2, 0) is 4.74 Å². The van der Waals surface area contributed by atoms with Crippen LogP contribution in [0.2, 0.25) is 0 Å². The maximum Gasteiger partial charge on any atom is 0.338 e. The van der Waals surface area contributed by atoms with Gasteiger partial charge in [-0.15, -0.1) is 0 Å². The van der Waals surface area contributed by atoms with Crippen molar-refractivity contribution in [3.05, 3.63) is 65.7 Å². The van der Waals surface area contributed by atoms with E-state index < -0.39 is 5.60 Å². The predicted octanol–water partition coefficient (Wildman–Crippen LogP) is 4.63. The van der Waals surface area contributed by atoms with Crippen LogP contribution in [0.5, 0.6) is 5.75 Å². The number of benzene rings is 2. The van der Waals surface area contributed by atoms with Crippen molar-refractivity contribution in [2.24, 2.45) is 0 Å². The highest BCUT2D eigenvalue weighted by Crippen LogP contribution is 2.33. The lowest BCUT2D eigenvalue weighted by Gasteiger charge is -2.31. The molecule has 1 aliphatic rings. The van der Waals surface area contributed by atoms with E-state index >= 15 is 0 Å². The smallest absolute Gasteiger partial charge is 0.338 e. The molecular formula is C23H26N2O4. The average molecular weight is 394 g/mol. The minimum atomic E-state index is -0.760. The van der Waals surface area contributed by atoms with Gasteiger partial charge in [0, 0.05) is 17.8 Å². The Morgan fingerprint density at radius 3 is 2.69 bits per heavy atom. The van der Waals surface area contributed by atoms with E-state index in [1.54, 1.807) is 36.4 Å². The van der Waals surface area contributed by atoms with Gasteiger partial charge in [0.25, 0.3) is 0 Å². The fraction of sp³-hybridized carbons (Fsp3) is 0.304. The molecule has 1 aliphatic heterocycles. The highest BCUT2D eigenvalue weighted by molar-refractivity contribution is 5.90. The lowest BCUT2D eigenvalue weighted by molar-refractivity contribution is 0.0140. The number of rotatable bonds is 7. The summed E-state index contributed by atoms with van der Waals surface area (Å²) in [7, 11) is 0. The first-order chi connectivity index (χ1) is 14.0. The van der Waals surface area contributed by atoms with Crippen LogP contribution in [0, 0.1) is 0 Å². The third kappa shape index (κ3) is 5.60.